The van der Waals surface area contributed by atoms with Gasteiger partial charge in [0.15, 0.2) is 23.0 Å². The van der Waals surface area contributed by atoms with E-state index >= 15 is 0 Å². The number of nitrogens with zero attached hydrogens (tertiary/aromatic N) is 2. The number of hydrogen-bond donors (Lipinski definition) is 2. The van der Waals surface area contributed by atoms with Crippen molar-refractivity contribution in [2.24, 2.45) is 5.10 Å². The molecule has 0 unspecified atom stereocenters. The number of rotatable bonds is 9. The minimum Gasteiger partial charge on any atom is -0.490 e. The fourth-order valence-electron chi connectivity index (χ4n) is 4.93. The van der Waals surface area contributed by atoms with E-state index in [2.05, 4.69) is 15.5 Å². The van der Waals surface area contributed by atoms with E-state index in [1.54, 1.807) is 42.5 Å². The molecule has 228 valence electrons. The van der Waals surface area contributed by atoms with E-state index in [1.165, 1.54) is 6.21 Å². The van der Waals surface area contributed by atoms with Gasteiger partial charge in [0.05, 0.1) is 18.4 Å². The van der Waals surface area contributed by atoms with Crippen LogP contribution >= 0.6 is 11.6 Å². The number of nitrogens with one attached hydrogen (secondary N) is 2. The minimum atomic E-state index is -0.576. The topological polar surface area (TPSA) is 114 Å². The molecular formula is C34H29ClN4O6. The number of benzene rings is 4. The number of halogens is 1. The first-order valence-corrected chi connectivity index (χ1v) is 14.5. The number of esters is 1. The number of carbonyl (C=O) groups is 2. The molecule has 6 rings (SSSR count). The molecule has 0 aliphatic carbocycles. The van der Waals surface area contributed by atoms with Crippen molar-refractivity contribution < 1.29 is 28.5 Å². The molecule has 5 aromatic rings. The zero-order valence-corrected chi connectivity index (χ0v) is 25.5. The van der Waals surface area contributed by atoms with E-state index < -0.39 is 11.9 Å². The number of amides is 1. The molecule has 0 radical (unpaired) electrons. The Balaban J connectivity index is 1.23. The largest absolute Gasteiger partial charge is 0.490 e. The molecule has 0 saturated carbocycles. The van der Waals surface area contributed by atoms with Crippen molar-refractivity contribution >= 4 is 46.3 Å². The van der Waals surface area contributed by atoms with Crippen LogP contribution in [0.3, 0.4) is 0 Å². The van der Waals surface area contributed by atoms with Gasteiger partial charge in [-0.25, -0.2) is 10.2 Å². The molecule has 0 fully saturated rings. The van der Waals surface area contributed by atoms with Gasteiger partial charge in [-0.05, 0) is 73.2 Å². The summed E-state index contributed by atoms with van der Waals surface area (Å²) in [5.74, 6) is 0.611. The molecule has 4 aromatic carbocycles. The van der Waals surface area contributed by atoms with Crippen LogP contribution in [0, 0.1) is 0 Å². The molecular weight excluding hydrogens is 596 g/mol. The Morgan fingerprint density at radius 1 is 1.00 bits per heavy atom. The van der Waals surface area contributed by atoms with Crippen molar-refractivity contribution in [1.82, 2.24) is 10.4 Å². The maximum atomic E-state index is 13.5. The molecule has 1 aliphatic rings. The van der Waals surface area contributed by atoms with Gasteiger partial charge >= 0.3 is 5.97 Å². The van der Waals surface area contributed by atoms with Crippen LogP contribution in [0.15, 0.2) is 84.0 Å². The highest BCUT2D eigenvalue weighted by Crippen LogP contribution is 2.38. The summed E-state index contributed by atoms with van der Waals surface area (Å²) in [6, 6.07) is 23.1. The summed E-state index contributed by atoms with van der Waals surface area (Å²) in [7, 11) is 3.91. The zero-order valence-electron chi connectivity index (χ0n) is 24.7. The van der Waals surface area contributed by atoms with Crippen LogP contribution in [-0.2, 0) is 0 Å². The quantitative estimate of drug-likeness (QED) is 0.0815. The van der Waals surface area contributed by atoms with Crippen LogP contribution in [-0.4, -0.2) is 50.6 Å². The Morgan fingerprint density at radius 3 is 2.62 bits per heavy atom. The molecule has 45 heavy (non-hydrogen) atoms. The molecule has 0 saturated heterocycles. The van der Waals surface area contributed by atoms with Crippen molar-refractivity contribution in [2.45, 2.75) is 6.92 Å². The van der Waals surface area contributed by atoms with Crippen LogP contribution in [0.1, 0.15) is 33.3 Å². The van der Waals surface area contributed by atoms with E-state index in [0.29, 0.717) is 51.3 Å². The molecule has 0 spiro atoms. The Morgan fingerprint density at radius 2 is 1.82 bits per heavy atom. The molecule has 2 N–H and O–H groups in total. The lowest BCUT2D eigenvalue weighted by molar-refractivity contribution is 0.0727. The lowest BCUT2D eigenvalue weighted by Gasteiger charge is -2.13. The second-order valence-electron chi connectivity index (χ2n) is 10.3. The summed E-state index contributed by atoms with van der Waals surface area (Å²) in [5.41, 5.74) is 7.03. The molecule has 11 heteroatoms. The van der Waals surface area contributed by atoms with Gasteiger partial charge in [0.25, 0.3) is 5.91 Å². The third-order valence-corrected chi connectivity index (χ3v) is 7.46. The first kappa shape index (κ1) is 29.6. The third kappa shape index (κ3) is 6.13. The van der Waals surface area contributed by atoms with E-state index in [0.717, 1.165) is 22.2 Å². The molecule has 10 nitrogen and oxygen atoms in total. The SMILES string of the molecule is CCOc1cc(C=NNC(=O)c2[nH]c3ccc(N(C)C)cc3c2-c2ccccc2Cl)ccc1OC(=O)c1ccc2c(c1)OCO2. The molecule has 0 bridgehead atoms. The van der Waals surface area contributed by atoms with Crippen molar-refractivity contribution in [3.05, 3.63) is 101 Å². The van der Waals surface area contributed by atoms with Crippen molar-refractivity contribution in [2.75, 3.05) is 32.4 Å². The number of aromatic nitrogens is 1. The Labute approximate surface area is 264 Å². The maximum Gasteiger partial charge on any atom is 0.343 e. The number of anilines is 1. The molecule has 0 atom stereocenters. The second kappa shape index (κ2) is 12.6. The minimum absolute atomic E-state index is 0.105. The highest BCUT2D eigenvalue weighted by atomic mass is 35.5. The van der Waals surface area contributed by atoms with Crippen LogP contribution in [0.2, 0.25) is 5.02 Å². The fourth-order valence-corrected chi connectivity index (χ4v) is 5.16. The van der Waals surface area contributed by atoms with Crippen molar-refractivity contribution in [3.8, 4) is 34.1 Å². The Kier molecular flexibility index (Phi) is 8.30. The zero-order chi connectivity index (χ0) is 31.5. The summed E-state index contributed by atoms with van der Waals surface area (Å²) in [6.07, 6.45) is 1.48. The van der Waals surface area contributed by atoms with Gasteiger partial charge in [0, 0.05) is 46.8 Å². The molecule has 2 heterocycles. The molecule has 1 amide bonds. The highest BCUT2D eigenvalue weighted by molar-refractivity contribution is 6.34. The van der Waals surface area contributed by atoms with Gasteiger partial charge in [-0.3, -0.25) is 4.79 Å². The molecule has 1 aromatic heterocycles. The first-order chi connectivity index (χ1) is 21.8. The van der Waals surface area contributed by atoms with Gasteiger partial charge in [0.1, 0.15) is 5.69 Å². The van der Waals surface area contributed by atoms with Crippen LogP contribution in [0.4, 0.5) is 5.69 Å². The number of aromatic amines is 1. The predicted molar refractivity (Wildman–Crippen MR) is 173 cm³/mol. The summed E-state index contributed by atoms with van der Waals surface area (Å²) in [4.78, 5) is 31.5. The number of hydrazone groups is 1. The smallest absolute Gasteiger partial charge is 0.343 e. The first-order valence-electron chi connectivity index (χ1n) is 14.1. The summed E-state index contributed by atoms with van der Waals surface area (Å²) in [5, 5.41) is 5.57. The number of hydrogen-bond acceptors (Lipinski definition) is 8. The van der Waals surface area contributed by atoms with Gasteiger partial charge in [-0.2, -0.15) is 5.10 Å². The van der Waals surface area contributed by atoms with Gasteiger partial charge in [-0.1, -0.05) is 29.8 Å². The fraction of sp³-hybridized carbons (Fsp3) is 0.147. The monoisotopic (exact) mass is 624 g/mol. The van der Waals surface area contributed by atoms with E-state index in [4.69, 9.17) is 30.5 Å². The number of carbonyl (C=O) groups excluding carboxylic acids is 2. The maximum absolute atomic E-state index is 13.5. The van der Waals surface area contributed by atoms with Crippen LogP contribution < -0.4 is 29.3 Å². The summed E-state index contributed by atoms with van der Waals surface area (Å²) in [6.45, 7) is 2.27. The van der Waals surface area contributed by atoms with Crippen LogP contribution in [0.5, 0.6) is 23.0 Å². The number of ether oxygens (including phenoxy) is 4. The Bertz CT molecular complexity index is 1950. The standard InChI is InChI=1S/C34H29ClN4O6/c1-4-42-29-15-20(9-13-28(29)45-34(41)21-10-14-27-30(16-21)44-19-43-27)18-36-38-33(40)32-31(23-7-5-6-8-25(23)35)24-17-22(39(2)3)11-12-26(24)37-32/h5-18,37H,4,19H2,1-3H3,(H,38,40). The second-order valence-corrected chi connectivity index (χ2v) is 10.7. The molecule has 1 aliphatic heterocycles. The number of fused-ring (bicyclic) bond motifs is 2. The Hall–Kier alpha value is -5.48. The number of H-pyrrole nitrogens is 1. The third-order valence-electron chi connectivity index (χ3n) is 7.13. The van der Waals surface area contributed by atoms with Gasteiger partial charge in [0.2, 0.25) is 6.79 Å². The lowest BCUT2D eigenvalue weighted by Crippen LogP contribution is -2.19. The van der Waals surface area contributed by atoms with Gasteiger partial charge in [-0.15, -0.1) is 0 Å². The average molecular weight is 625 g/mol. The predicted octanol–water partition coefficient (Wildman–Crippen LogP) is 6.66. The summed E-state index contributed by atoms with van der Waals surface area (Å²) < 4.78 is 22.0. The van der Waals surface area contributed by atoms with E-state index in [-0.39, 0.29) is 12.5 Å². The van der Waals surface area contributed by atoms with E-state index in [1.807, 2.05) is 62.3 Å². The van der Waals surface area contributed by atoms with Crippen molar-refractivity contribution in [3.63, 3.8) is 0 Å². The van der Waals surface area contributed by atoms with E-state index in [9.17, 15) is 9.59 Å². The lowest BCUT2D eigenvalue weighted by atomic mass is 10.0. The normalized spacial score (nSPS) is 12.0. The highest BCUT2D eigenvalue weighted by Gasteiger charge is 2.22. The average Bonchev–Trinajstić information content (AvgIpc) is 3.66. The van der Waals surface area contributed by atoms with Crippen LogP contribution in [0.25, 0.3) is 22.0 Å². The summed E-state index contributed by atoms with van der Waals surface area (Å²) >= 11 is 6.58. The van der Waals surface area contributed by atoms with Crippen molar-refractivity contribution in [1.29, 1.82) is 0 Å². The van der Waals surface area contributed by atoms with Gasteiger partial charge < -0.3 is 28.8 Å².